The molecule has 0 aliphatic carbocycles. The van der Waals surface area contributed by atoms with Gasteiger partial charge in [-0.1, -0.05) is 6.07 Å². The number of nitrogens with two attached hydrogens (primary N) is 1. The van der Waals surface area contributed by atoms with Gasteiger partial charge in [-0.15, -0.1) is 0 Å². The smallest absolute Gasteiger partial charge is 0.136 e. The molecule has 3 nitrogen and oxygen atoms in total. The van der Waals surface area contributed by atoms with Gasteiger partial charge in [0.2, 0.25) is 0 Å². The van der Waals surface area contributed by atoms with E-state index in [9.17, 15) is 4.39 Å². The van der Waals surface area contributed by atoms with Crippen molar-refractivity contribution in [2.24, 2.45) is 5.73 Å². The van der Waals surface area contributed by atoms with E-state index in [4.69, 9.17) is 10.5 Å². The van der Waals surface area contributed by atoms with Gasteiger partial charge in [0.15, 0.2) is 0 Å². The van der Waals surface area contributed by atoms with E-state index in [-0.39, 0.29) is 11.9 Å². The van der Waals surface area contributed by atoms with Crippen LogP contribution in [0.3, 0.4) is 0 Å². The molecule has 1 unspecified atom stereocenters. The van der Waals surface area contributed by atoms with Crippen LogP contribution in [-0.2, 0) is 0 Å². The van der Waals surface area contributed by atoms with Crippen molar-refractivity contribution in [2.45, 2.75) is 6.10 Å². The van der Waals surface area contributed by atoms with Crippen molar-refractivity contribution in [2.75, 3.05) is 6.54 Å². The van der Waals surface area contributed by atoms with Gasteiger partial charge in [-0.25, -0.2) is 4.39 Å². The van der Waals surface area contributed by atoms with E-state index in [2.05, 4.69) is 4.98 Å². The summed E-state index contributed by atoms with van der Waals surface area (Å²) in [6.45, 7) is 0.320. The molecule has 0 bridgehead atoms. The van der Waals surface area contributed by atoms with Crippen LogP contribution in [0.4, 0.5) is 4.39 Å². The summed E-state index contributed by atoms with van der Waals surface area (Å²) in [6.07, 6.45) is 3.06. The summed E-state index contributed by atoms with van der Waals surface area (Å²) in [5, 5.41) is 0. The molecule has 0 aliphatic heterocycles. The molecule has 0 saturated heterocycles. The maximum Gasteiger partial charge on any atom is 0.136 e. The number of halogens is 1. The van der Waals surface area contributed by atoms with Crippen LogP contribution in [0, 0.1) is 5.82 Å². The Morgan fingerprint density at radius 1 is 1.24 bits per heavy atom. The minimum atomic E-state index is -0.326. The predicted molar refractivity (Wildman–Crippen MR) is 63.1 cm³/mol. The highest BCUT2D eigenvalue weighted by molar-refractivity contribution is 5.24. The van der Waals surface area contributed by atoms with E-state index in [1.54, 1.807) is 24.5 Å². The van der Waals surface area contributed by atoms with Crippen LogP contribution in [0.5, 0.6) is 5.75 Å². The van der Waals surface area contributed by atoms with Crippen LogP contribution in [0.2, 0.25) is 0 Å². The highest BCUT2D eigenvalue weighted by atomic mass is 19.1. The van der Waals surface area contributed by atoms with Gasteiger partial charge in [-0.2, -0.15) is 0 Å². The molecule has 88 valence electrons. The third kappa shape index (κ3) is 3.01. The van der Waals surface area contributed by atoms with Crippen molar-refractivity contribution >= 4 is 0 Å². The Morgan fingerprint density at radius 3 is 2.65 bits per heavy atom. The first-order valence-electron chi connectivity index (χ1n) is 5.32. The lowest BCUT2D eigenvalue weighted by atomic mass is 10.1. The largest absolute Gasteiger partial charge is 0.484 e. The number of nitrogens with zero attached hydrogens (tertiary/aromatic N) is 1. The SMILES string of the molecule is NCC(Oc1cccc(F)c1)c1ccncc1. The molecule has 0 amide bonds. The summed E-state index contributed by atoms with van der Waals surface area (Å²) in [5.74, 6) is 0.144. The second-order valence-corrected chi connectivity index (χ2v) is 3.58. The first kappa shape index (κ1) is 11.5. The van der Waals surface area contributed by atoms with Gasteiger partial charge >= 0.3 is 0 Å². The van der Waals surface area contributed by atoms with Crippen LogP contribution in [0.15, 0.2) is 48.8 Å². The molecule has 0 spiro atoms. The fourth-order valence-corrected chi connectivity index (χ4v) is 1.53. The lowest BCUT2D eigenvalue weighted by molar-refractivity contribution is 0.213. The molecule has 0 aliphatic rings. The third-order valence-electron chi connectivity index (χ3n) is 2.37. The first-order valence-corrected chi connectivity index (χ1v) is 5.32. The standard InChI is InChI=1S/C13H13FN2O/c14-11-2-1-3-12(8-11)17-13(9-15)10-4-6-16-7-5-10/h1-8,13H,9,15H2. The highest BCUT2D eigenvalue weighted by Crippen LogP contribution is 2.21. The molecule has 2 N–H and O–H groups in total. The zero-order valence-corrected chi connectivity index (χ0v) is 9.21. The second-order valence-electron chi connectivity index (χ2n) is 3.58. The van der Waals surface area contributed by atoms with Crippen molar-refractivity contribution in [3.8, 4) is 5.75 Å². The van der Waals surface area contributed by atoms with Gasteiger partial charge in [0, 0.05) is 25.0 Å². The summed E-state index contributed by atoms with van der Waals surface area (Å²) >= 11 is 0. The lowest BCUT2D eigenvalue weighted by Gasteiger charge is -2.17. The van der Waals surface area contributed by atoms with E-state index in [0.717, 1.165) is 5.56 Å². The third-order valence-corrected chi connectivity index (χ3v) is 2.37. The average molecular weight is 232 g/mol. The van der Waals surface area contributed by atoms with Gasteiger partial charge in [0.1, 0.15) is 17.7 Å². The van der Waals surface area contributed by atoms with E-state index in [1.807, 2.05) is 12.1 Å². The number of rotatable bonds is 4. The number of hydrogen-bond acceptors (Lipinski definition) is 3. The van der Waals surface area contributed by atoms with E-state index in [1.165, 1.54) is 12.1 Å². The summed E-state index contributed by atoms with van der Waals surface area (Å²) in [6, 6.07) is 9.67. The number of aromatic nitrogens is 1. The van der Waals surface area contributed by atoms with Crippen LogP contribution in [0.25, 0.3) is 0 Å². The van der Waals surface area contributed by atoms with Crippen molar-refractivity contribution < 1.29 is 9.13 Å². The van der Waals surface area contributed by atoms with Gasteiger partial charge < -0.3 is 10.5 Å². The molecule has 2 aromatic rings. The van der Waals surface area contributed by atoms with Crippen LogP contribution < -0.4 is 10.5 Å². The average Bonchev–Trinajstić information content (AvgIpc) is 2.37. The lowest BCUT2D eigenvalue weighted by Crippen LogP contribution is -2.18. The zero-order valence-electron chi connectivity index (χ0n) is 9.21. The zero-order chi connectivity index (χ0) is 12.1. The van der Waals surface area contributed by atoms with E-state index < -0.39 is 0 Å². The van der Waals surface area contributed by atoms with Crippen molar-refractivity contribution in [1.29, 1.82) is 0 Å². The number of pyridine rings is 1. The first-order chi connectivity index (χ1) is 8.29. The molecule has 2 rings (SSSR count). The van der Waals surface area contributed by atoms with Crippen LogP contribution in [-0.4, -0.2) is 11.5 Å². The minimum Gasteiger partial charge on any atom is -0.484 e. The summed E-state index contributed by atoms with van der Waals surface area (Å²) in [4.78, 5) is 3.93. The highest BCUT2D eigenvalue weighted by Gasteiger charge is 2.11. The normalized spacial score (nSPS) is 12.1. The topological polar surface area (TPSA) is 48.1 Å². The van der Waals surface area contributed by atoms with E-state index >= 15 is 0 Å². The Morgan fingerprint density at radius 2 is 2.00 bits per heavy atom. The van der Waals surface area contributed by atoms with Crippen molar-refractivity contribution in [1.82, 2.24) is 4.98 Å². The van der Waals surface area contributed by atoms with Gasteiger partial charge in [0.25, 0.3) is 0 Å². The minimum absolute atomic E-state index is 0.292. The number of hydrogen-bond donors (Lipinski definition) is 1. The predicted octanol–water partition coefficient (Wildman–Crippen LogP) is 2.30. The second kappa shape index (κ2) is 5.41. The van der Waals surface area contributed by atoms with Crippen molar-refractivity contribution in [3.63, 3.8) is 0 Å². The molecule has 4 heteroatoms. The molecule has 1 aromatic heterocycles. The maximum absolute atomic E-state index is 13.0. The quantitative estimate of drug-likeness (QED) is 0.879. The Hall–Kier alpha value is -1.94. The molecular weight excluding hydrogens is 219 g/mol. The van der Waals surface area contributed by atoms with Crippen LogP contribution >= 0.6 is 0 Å². The Balaban J connectivity index is 2.16. The molecule has 1 atom stereocenters. The molecule has 17 heavy (non-hydrogen) atoms. The molecule has 1 aromatic carbocycles. The number of benzene rings is 1. The van der Waals surface area contributed by atoms with E-state index in [0.29, 0.717) is 12.3 Å². The fourth-order valence-electron chi connectivity index (χ4n) is 1.53. The Labute approximate surface area is 99.1 Å². The molecule has 0 fully saturated rings. The summed E-state index contributed by atoms with van der Waals surface area (Å²) in [5.41, 5.74) is 6.57. The molecule has 0 saturated carbocycles. The molecule has 1 heterocycles. The van der Waals surface area contributed by atoms with Crippen molar-refractivity contribution in [3.05, 3.63) is 60.2 Å². The van der Waals surface area contributed by atoms with Gasteiger partial charge in [-0.3, -0.25) is 4.98 Å². The Kier molecular flexibility index (Phi) is 3.67. The Bertz CT molecular complexity index is 476. The summed E-state index contributed by atoms with van der Waals surface area (Å²) in [7, 11) is 0. The van der Waals surface area contributed by atoms with Crippen LogP contribution in [0.1, 0.15) is 11.7 Å². The monoisotopic (exact) mass is 232 g/mol. The maximum atomic E-state index is 13.0. The number of ether oxygens (including phenoxy) is 1. The fraction of sp³-hybridized carbons (Fsp3) is 0.154. The molecule has 0 radical (unpaired) electrons. The molecular formula is C13H13FN2O. The summed E-state index contributed by atoms with van der Waals surface area (Å²) < 4.78 is 18.6. The van der Waals surface area contributed by atoms with Gasteiger partial charge in [0.05, 0.1) is 0 Å². The van der Waals surface area contributed by atoms with Gasteiger partial charge in [-0.05, 0) is 29.8 Å².